The maximum Gasteiger partial charge on any atom is 0.349 e. The van der Waals surface area contributed by atoms with E-state index in [1.807, 2.05) is 0 Å². The van der Waals surface area contributed by atoms with E-state index in [0.29, 0.717) is 19.6 Å². The van der Waals surface area contributed by atoms with Crippen LogP contribution in [0.3, 0.4) is 0 Å². The molecule has 4 heterocycles. The average Bonchev–Trinajstić information content (AvgIpc) is 3.44. The molecular formula is C21H36O8Si. The molecule has 0 unspecified atom stereocenters. The van der Waals surface area contributed by atoms with Crippen LogP contribution in [0.4, 0.5) is 0 Å². The fraction of sp³-hybridized carbons (Fsp3) is 0.952. The van der Waals surface area contributed by atoms with Crippen LogP contribution in [-0.4, -0.2) is 82.2 Å². The molecule has 0 aromatic carbocycles. The van der Waals surface area contributed by atoms with Crippen molar-refractivity contribution in [2.24, 2.45) is 0 Å². The molecule has 30 heavy (non-hydrogen) atoms. The number of methoxy groups -OCH3 is 1. The molecule has 172 valence electrons. The number of aliphatic hydroxyl groups is 1. The highest BCUT2D eigenvalue weighted by Crippen LogP contribution is 2.56. The number of ether oxygens (including phenoxy) is 4. The van der Waals surface area contributed by atoms with Crippen molar-refractivity contribution in [3.05, 3.63) is 0 Å². The van der Waals surface area contributed by atoms with E-state index in [0.717, 1.165) is 0 Å². The summed E-state index contributed by atoms with van der Waals surface area (Å²) in [5, 5.41) is 10.8. The van der Waals surface area contributed by atoms with Crippen LogP contribution >= 0.6 is 0 Å². The number of hydrogen-bond acceptors (Lipinski definition) is 8. The number of carbonyl (C=O) groups excluding carboxylic acids is 1. The van der Waals surface area contributed by atoms with E-state index in [1.54, 1.807) is 0 Å². The molecule has 0 aromatic rings. The quantitative estimate of drug-likeness (QED) is 0.393. The van der Waals surface area contributed by atoms with Crippen LogP contribution in [0.15, 0.2) is 0 Å². The first-order valence-electron chi connectivity index (χ1n) is 10.9. The highest BCUT2D eigenvalue weighted by molar-refractivity contribution is 6.73. The lowest BCUT2D eigenvalue weighted by Crippen LogP contribution is -2.71. The first kappa shape index (κ1) is 22.6. The number of rotatable bonds is 2. The van der Waals surface area contributed by atoms with Gasteiger partial charge in [0.1, 0.15) is 30.0 Å². The van der Waals surface area contributed by atoms with Crippen molar-refractivity contribution in [2.75, 3.05) is 20.3 Å². The molecule has 1 spiro atoms. The summed E-state index contributed by atoms with van der Waals surface area (Å²) >= 11 is 0. The third-order valence-corrected chi connectivity index (χ3v) is 12.2. The van der Waals surface area contributed by atoms with E-state index < -0.39 is 32.5 Å². The number of carbonyl (C=O) groups is 1. The largest absolute Gasteiger partial charge is 0.469 e. The van der Waals surface area contributed by atoms with E-state index in [9.17, 15) is 9.90 Å². The lowest BCUT2D eigenvalue weighted by molar-refractivity contribution is -0.283. The van der Waals surface area contributed by atoms with Crippen molar-refractivity contribution < 1.29 is 37.7 Å². The molecule has 1 N–H and O–H groups in total. The topological polar surface area (TPSA) is 96.0 Å². The zero-order valence-electron chi connectivity index (χ0n) is 19.1. The second-order valence-electron chi connectivity index (χ2n) is 11.1. The molecular weight excluding hydrogens is 408 g/mol. The third kappa shape index (κ3) is 3.37. The van der Waals surface area contributed by atoms with Crippen molar-refractivity contribution >= 4 is 14.5 Å². The molecule has 0 saturated carbocycles. The minimum Gasteiger partial charge on any atom is -0.469 e. The summed E-state index contributed by atoms with van der Waals surface area (Å²) in [7, 11) is -1.28. The molecule has 7 atom stereocenters. The van der Waals surface area contributed by atoms with Gasteiger partial charge in [-0.3, -0.25) is 4.79 Å². The Balaban J connectivity index is 1.56. The first-order chi connectivity index (χ1) is 13.8. The summed E-state index contributed by atoms with van der Waals surface area (Å²) in [6.45, 7) is 13.9. The van der Waals surface area contributed by atoms with Gasteiger partial charge in [0, 0.05) is 16.5 Å². The molecule has 4 aliphatic rings. The van der Waals surface area contributed by atoms with Crippen molar-refractivity contribution in [1.82, 2.24) is 0 Å². The maximum absolute atomic E-state index is 11.9. The van der Waals surface area contributed by atoms with Crippen molar-refractivity contribution in [1.29, 1.82) is 0 Å². The van der Waals surface area contributed by atoms with Crippen LogP contribution in [0, 0.1) is 0 Å². The molecule has 0 bridgehead atoms. The predicted octanol–water partition coefficient (Wildman–Crippen LogP) is 2.06. The summed E-state index contributed by atoms with van der Waals surface area (Å²) in [6.07, 6.45) is -2.16. The van der Waals surface area contributed by atoms with Gasteiger partial charge in [-0.2, -0.15) is 0 Å². The summed E-state index contributed by atoms with van der Waals surface area (Å²) in [4.78, 5) is 11.9. The number of hydrogen-bond donors (Lipinski definition) is 1. The molecule has 9 heteroatoms. The number of aliphatic hydroxyl groups excluding tert-OH is 1. The Kier molecular flexibility index (Phi) is 5.45. The maximum atomic E-state index is 11.9. The average molecular weight is 445 g/mol. The highest BCUT2D eigenvalue weighted by Gasteiger charge is 2.69. The Labute approximate surface area is 179 Å². The third-order valence-electron chi connectivity index (χ3n) is 7.07. The molecule has 4 aliphatic heterocycles. The molecule has 0 aromatic heterocycles. The van der Waals surface area contributed by atoms with Crippen LogP contribution in [0.2, 0.25) is 10.1 Å². The summed E-state index contributed by atoms with van der Waals surface area (Å²) in [5.41, 5.74) is -0.895. The monoisotopic (exact) mass is 444 g/mol. The molecule has 4 saturated heterocycles. The van der Waals surface area contributed by atoms with Crippen molar-refractivity contribution in [3.63, 3.8) is 0 Å². The predicted molar refractivity (Wildman–Crippen MR) is 109 cm³/mol. The van der Waals surface area contributed by atoms with Crippen LogP contribution in [-0.2, 0) is 32.6 Å². The van der Waals surface area contributed by atoms with Crippen LogP contribution in [0.1, 0.15) is 54.4 Å². The minimum absolute atomic E-state index is 0.0392. The summed E-state index contributed by atoms with van der Waals surface area (Å²) < 4.78 is 36.3. The van der Waals surface area contributed by atoms with E-state index in [2.05, 4.69) is 41.5 Å². The summed E-state index contributed by atoms with van der Waals surface area (Å²) in [6, 6.07) is 0. The van der Waals surface area contributed by atoms with E-state index in [4.69, 9.17) is 27.8 Å². The van der Waals surface area contributed by atoms with Gasteiger partial charge in [0.05, 0.1) is 39.0 Å². The van der Waals surface area contributed by atoms with E-state index >= 15 is 0 Å². The van der Waals surface area contributed by atoms with Gasteiger partial charge < -0.3 is 32.9 Å². The molecule has 4 fully saturated rings. The van der Waals surface area contributed by atoms with Gasteiger partial charge in [-0.1, -0.05) is 41.5 Å². The molecule has 0 aliphatic carbocycles. The number of epoxide rings is 1. The Morgan fingerprint density at radius 1 is 1.10 bits per heavy atom. The standard InChI is InChI=1S/C21H36O8Si/c1-19(2,3)30(20(4,5)6)26-10-14-12(29-30)8-13-17(28-14)18(23)21(11-25-21)15(27-13)9-16(22)24-7/h12-15,17-18,23H,8-11H2,1-7H3/t12-,13+,14+,15-,17+,18+,21-/m0/s1. The first-order valence-corrected chi connectivity index (χ1v) is 12.7. The second-order valence-corrected chi connectivity index (χ2v) is 15.8. The SMILES string of the molecule is COC(=O)C[C@@H]1O[C@@H]2C[C@@H]3O[Si](C(C)(C)C)(C(C)(C)C)OC[C@H]3O[C@H]2[C@@H](O)[C@]12CO2. The second kappa shape index (κ2) is 7.23. The van der Waals surface area contributed by atoms with Gasteiger partial charge in [0.25, 0.3) is 0 Å². The molecule has 4 rings (SSSR count). The molecule has 8 nitrogen and oxygen atoms in total. The van der Waals surface area contributed by atoms with Gasteiger partial charge in [-0.05, 0) is 0 Å². The molecule has 0 radical (unpaired) electrons. The zero-order chi connectivity index (χ0) is 22.1. The smallest absolute Gasteiger partial charge is 0.349 e. The van der Waals surface area contributed by atoms with Gasteiger partial charge >= 0.3 is 14.5 Å². The van der Waals surface area contributed by atoms with Gasteiger partial charge in [-0.15, -0.1) is 0 Å². The molecule has 0 amide bonds. The normalized spacial score (nSPS) is 42.9. The zero-order valence-corrected chi connectivity index (χ0v) is 20.1. The van der Waals surface area contributed by atoms with Crippen molar-refractivity contribution in [3.8, 4) is 0 Å². The van der Waals surface area contributed by atoms with Crippen LogP contribution in [0.25, 0.3) is 0 Å². The van der Waals surface area contributed by atoms with Crippen LogP contribution < -0.4 is 0 Å². The van der Waals surface area contributed by atoms with Gasteiger partial charge in [0.15, 0.2) is 0 Å². The van der Waals surface area contributed by atoms with E-state index in [1.165, 1.54) is 7.11 Å². The number of fused-ring (bicyclic) bond motifs is 2. The lowest BCUT2D eigenvalue weighted by Gasteiger charge is -2.58. The fourth-order valence-corrected chi connectivity index (χ4v) is 10.6. The van der Waals surface area contributed by atoms with Gasteiger partial charge in [0.2, 0.25) is 0 Å². The Hall–Kier alpha value is -0.553. The Bertz CT molecular complexity index is 665. The van der Waals surface area contributed by atoms with Crippen molar-refractivity contribution in [2.45, 2.75) is 107 Å². The van der Waals surface area contributed by atoms with Gasteiger partial charge in [-0.25, -0.2) is 0 Å². The Morgan fingerprint density at radius 3 is 2.27 bits per heavy atom. The summed E-state index contributed by atoms with van der Waals surface area (Å²) in [5.74, 6) is -0.385. The van der Waals surface area contributed by atoms with Crippen LogP contribution in [0.5, 0.6) is 0 Å². The lowest BCUT2D eigenvalue weighted by atomic mass is 9.82. The number of esters is 1. The van der Waals surface area contributed by atoms with E-state index in [-0.39, 0.29) is 40.8 Å². The Morgan fingerprint density at radius 2 is 1.73 bits per heavy atom. The minimum atomic E-state index is -2.63. The highest BCUT2D eigenvalue weighted by atomic mass is 28.4. The fourth-order valence-electron chi connectivity index (χ4n) is 5.62.